The molecular formula is C56H38FNO. The summed E-state index contributed by atoms with van der Waals surface area (Å²) in [5.41, 5.74) is 13.6. The van der Waals surface area contributed by atoms with Gasteiger partial charge in [-0.05, 0) is 105 Å². The summed E-state index contributed by atoms with van der Waals surface area (Å²) < 4.78 is 21.0. The van der Waals surface area contributed by atoms with Crippen LogP contribution in [0.25, 0.3) is 11.1 Å². The smallest absolute Gasteiger partial charge is 0.132 e. The molecule has 0 atom stereocenters. The van der Waals surface area contributed by atoms with Gasteiger partial charge >= 0.3 is 0 Å². The lowest BCUT2D eigenvalue weighted by atomic mass is 9.63. The number of hydrogen-bond acceptors (Lipinski definition) is 2. The van der Waals surface area contributed by atoms with Gasteiger partial charge in [-0.15, -0.1) is 0 Å². The molecule has 0 amide bonds. The average Bonchev–Trinajstić information content (AvgIpc) is 3.61. The molecule has 11 rings (SSSR count). The second-order valence-electron chi connectivity index (χ2n) is 15.3. The van der Waals surface area contributed by atoms with Crippen molar-refractivity contribution >= 4 is 17.1 Å². The van der Waals surface area contributed by atoms with Crippen molar-refractivity contribution in [3.63, 3.8) is 0 Å². The normalized spacial score (nSPS) is 13.9. The lowest BCUT2D eigenvalue weighted by molar-refractivity contribution is 0.434. The quantitative estimate of drug-likeness (QED) is 0.160. The number of para-hydroxylation sites is 2. The Labute approximate surface area is 344 Å². The Morgan fingerprint density at radius 1 is 0.305 bits per heavy atom. The zero-order valence-electron chi connectivity index (χ0n) is 32.2. The van der Waals surface area contributed by atoms with Crippen molar-refractivity contribution in [3.8, 4) is 22.6 Å². The molecule has 2 aliphatic rings. The summed E-state index contributed by atoms with van der Waals surface area (Å²) in [6.45, 7) is 0. The van der Waals surface area contributed by atoms with Crippen LogP contribution in [-0.4, -0.2) is 0 Å². The van der Waals surface area contributed by atoms with Crippen LogP contribution in [-0.2, 0) is 10.8 Å². The van der Waals surface area contributed by atoms with E-state index < -0.39 is 10.8 Å². The first-order valence-corrected chi connectivity index (χ1v) is 20.1. The van der Waals surface area contributed by atoms with Crippen LogP contribution in [0, 0.1) is 5.82 Å². The van der Waals surface area contributed by atoms with Crippen LogP contribution in [0.2, 0.25) is 0 Å². The van der Waals surface area contributed by atoms with Crippen LogP contribution in [0.5, 0.6) is 11.5 Å². The maximum Gasteiger partial charge on any atom is 0.132 e. The molecule has 0 fully saturated rings. The highest BCUT2D eigenvalue weighted by Crippen LogP contribution is 2.57. The largest absolute Gasteiger partial charge is 0.457 e. The Kier molecular flexibility index (Phi) is 8.16. The van der Waals surface area contributed by atoms with Crippen molar-refractivity contribution < 1.29 is 9.13 Å². The number of benzene rings is 9. The van der Waals surface area contributed by atoms with Crippen molar-refractivity contribution in [2.45, 2.75) is 10.8 Å². The third-order valence-corrected chi connectivity index (χ3v) is 12.4. The first kappa shape index (κ1) is 34.7. The highest BCUT2D eigenvalue weighted by molar-refractivity contribution is 5.87. The van der Waals surface area contributed by atoms with Gasteiger partial charge in [-0.3, -0.25) is 0 Å². The minimum absolute atomic E-state index is 0.274. The molecule has 0 saturated carbocycles. The van der Waals surface area contributed by atoms with Crippen molar-refractivity contribution in [3.05, 3.63) is 281 Å². The molecular weight excluding hydrogens is 722 g/mol. The van der Waals surface area contributed by atoms with Gasteiger partial charge in [-0.1, -0.05) is 170 Å². The van der Waals surface area contributed by atoms with Crippen LogP contribution in [0.1, 0.15) is 44.5 Å². The van der Waals surface area contributed by atoms with Crippen molar-refractivity contribution in [1.29, 1.82) is 0 Å². The van der Waals surface area contributed by atoms with Crippen LogP contribution in [0.15, 0.2) is 231 Å². The molecule has 3 heteroatoms. The molecule has 280 valence electrons. The highest BCUT2D eigenvalue weighted by Gasteiger charge is 2.47. The van der Waals surface area contributed by atoms with Crippen LogP contribution < -0.4 is 9.64 Å². The number of hydrogen-bond donors (Lipinski definition) is 0. The highest BCUT2D eigenvalue weighted by atomic mass is 19.1. The van der Waals surface area contributed by atoms with E-state index >= 15 is 0 Å². The Morgan fingerprint density at radius 2 is 0.627 bits per heavy atom. The fourth-order valence-electron chi connectivity index (χ4n) is 9.94. The van der Waals surface area contributed by atoms with E-state index in [1.165, 1.54) is 45.5 Å². The molecule has 1 aliphatic carbocycles. The molecule has 0 bridgehead atoms. The minimum Gasteiger partial charge on any atom is -0.457 e. The molecule has 1 aliphatic heterocycles. The summed E-state index contributed by atoms with van der Waals surface area (Å²) in [6.07, 6.45) is 0. The van der Waals surface area contributed by atoms with E-state index in [1.807, 2.05) is 24.3 Å². The van der Waals surface area contributed by atoms with Crippen molar-refractivity contribution in [2.24, 2.45) is 0 Å². The molecule has 0 spiro atoms. The molecule has 0 saturated heterocycles. The number of rotatable bonds is 7. The van der Waals surface area contributed by atoms with Gasteiger partial charge in [0.05, 0.1) is 10.8 Å². The maximum absolute atomic E-state index is 14.5. The second kappa shape index (κ2) is 13.9. The van der Waals surface area contributed by atoms with E-state index in [1.54, 1.807) is 0 Å². The maximum atomic E-state index is 14.5. The first-order valence-electron chi connectivity index (χ1n) is 20.1. The minimum atomic E-state index is -0.632. The molecule has 9 aromatic carbocycles. The van der Waals surface area contributed by atoms with Gasteiger partial charge in [-0.2, -0.15) is 0 Å². The van der Waals surface area contributed by atoms with Gasteiger partial charge in [0.1, 0.15) is 17.3 Å². The van der Waals surface area contributed by atoms with Gasteiger partial charge in [0.15, 0.2) is 0 Å². The van der Waals surface area contributed by atoms with E-state index in [4.69, 9.17) is 4.74 Å². The van der Waals surface area contributed by atoms with Gasteiger partial charge in [0, 0.05) is 28.2 Å². The number of nitrogens with zero attached hydrogens (tertiary/aromatic N) is 1. The molecule has 0 N–H and O–H groups in total. The first-order chi connectivity index (χ1) is 29.2. The summed E-state index contributed by atoms with van der Waals surface area (Å²) in [5.74, 6) is 1.41. The van der Waals surface area contributed by atoms with Gasteiger partial charge in [0.2, 0.25) is 0 Å². The van der Waals surface area contributed by atoms with Crippen LogP contribution >= 0.6 is 0 Å². The van der Waals surface area contributed by atoms with Gasteiger partial charge in [-0.25, -0.2) is 4.39 Å². The molecule has 59 heavy (non-hydrogen) atoms. The van der Waals surface area contributed by atoms with Crippen molar-refractivity contribution in [1.82, 2.24) is 0 Å². The third kappa shape index (κ3) is 5.25. The van der Waals surface area contributed by atoms with E-state index in [9.17, 15) is 4.39 Å². The second-order valence-corrected chi connectivity index (χ2v) is 15.3. The fraction of sp³-hybridized carbons (Fsp3) is 0.0357. The predicted molar refractivity (Wildman–Crippen MR) is 237 cm³/mol. The lowest BCUT2D eigenvalue weighted by Gasteiger charge is -2.41. The number of anilines is 3. The summed E-state index contributed by atoms with van der Waals surface area (Å²) in [7, 11) is 0. The van der Waals surface area contributed by atoms with E-state index in [2.05, 4.69) is 199 Å². The number of fused-ring (bicyclic) bond motifs is 5. The predicted octanol–water partition coefficient (Wildman–Crippen LogP) is 14.1. The Bertz CT molecular complexity index is 2870. The molecule has 0 unspecified atom stereocenters. The Balaban J connectivity index is 1.07. The van der Waals surface area contributed by atoms with Crippen LogP contribution in [0.3, 0.4) is 0 Å². The SMILES string of the molecule is Fc1ccc(N(c2ccc(C3(c4ccccc4)c4ccccc4Oc4ccccc43)cc2)c2ccc(C3(c4ccccc4)c4ccccc4-c4ccccc43)cc2)cc1. The van der Waals surface area contributed by atoms with E-state index in [0.717, 1.165) is 50.8 Å². The Hall–Kier alpha value is -7.49. The Morgan fingerprint density at radius 3 is 1.07 bits per heavy atom. The zero-order chi connectivity index (χ0) is 39.4. The van der Waals surface area contributed by atoms with Gasteiger partial charge in [0.25, 0.3) is 0 Å². The lowest BCUT2D eigenvalue weighted by Crippen LogP contribution is -2.34. The summed E-state index contributed by atoms with van der Waals surface area (Å²) in [5, 5.41) is 0. The third-order valence-electron chi connectivity index (χ3n) is 12.4. The molecule has 2 nitrogen and oxygen atoms in total. The molecule has 9 aromatic rings. The van der Waals surface area contributed by atoms with Gasteiger partial charge < -0.3 is 9.64 Å². The average molecular weight is 760 g/mol. The topological polar surface area (TPSA) is 12.5 Å². The van der Waals surface area contributed by atoms with Crippen molar-refractivity contribution in [2.75, 3.05) is 4.90 Å². The fourth-order valence-corrected chi connectivity index (χ4v) is 9.94. The standard InChI is InChI=1S/C56H38FNO/c57-43-31-37-46(38-32-43)58(44-33-27-41(28-34-44)55(39-15-3-1-4-16-39)49-21-9-7-19-47(49)48-20-8-10-22-50(48)55)45-35-29-42(30-36-45)56(40-17-5-2-6-18-40)51-23-11-13-25-53(51)59-54-26-14-12-24-52(54)56/h1-38H. The monoisotopic (exact) mass is 759 g/mol. The van der Waals surface area contributed by atoms with E-state index in [-0.39, 0.29) is 5.82 Å². The van der Waals surface area contributed by atoms with Crippen LogP contribution in [0.4, 0.5) is 21.5 Å². The number of halogens is 1. The number of ether oxygens (including phenoxy) is 1. The summed E-state index contributed by atoms with van der Waals surface area (Å²) in [6, 6.07) is 80.4. The molecule has 0 radical (unpaired) electrons. The summed E-state index contributed by atoms with van der Waals surface area (Å²) in [4.78, 5) is 2.21. The zero-order valence-corrected chi connectivity index (χ0v) is 32.2. The molecule has 1 heterocycles. The van der Waals surface area contributed by atoms with E-state index in [0.29, 0.717) is 0 Å². The summed E-state index contributed by atoms with van der Waals surface area (Å²) >= 11 is 0. The molecule has 0 aromatic heterocycles.